The maximum atomic E-state index is 9.53. The van der Waals surface area contributed by atoms with Crippen LogP contribution in [-0.4, -0.2) is 12.2 Å². The number of hydrogen-bond acceptors (Lipinski definition) is 3. The van der Waals surface area contributed by atoms with Crippen molar-refractivity contribution in [2.24, 2.45) is 0 Å². The molecule has 0 saturated carbocycles. The molecular weight excluding hydrogens is 236 g/mol. The second-order valence-electron chi connectivity index (χ2n) is 2.78. The van der Waals surface area contributed by atoms with E-state index in [0.717, 1.165) is 10.2 Å². The molecule has 0 fully saturated rings. The molecule has 13 heavy (non-hydrogen) atoms. The summed E-state index contributed by atoms with van der Waals surface area (Å²) in [6.07, 6.45) is 0.0958. The van der Waals surface area contributed by atoms with Crippen LogP contribution in [0.1, 0.15) is 31.0 Å². The molecule has 0 aliphatic heterocycles. The molecule has 74 valence electrons. The van der Waals surface area contributed by atoms with Gasteiger partial charge in [0.2, 0.25) is 0 Å². The fourth-order valence-corrected chi connectivity index (χ4v) is 1.66. The van der Waals surface area contributed by atoms with E-state index in [4.69, 9.17) is 9.15 Å². The summed E-state index contributed by atoms with van der Waals surface area (Å²) >= 11 is 3.32. The molecule has 4 heteroatoms. The second kappa shape index (κ2) is 4.79. The van der Waals surface area contributed by atoms with Gasteiger partial charge >= 0.3 is 0 Å². The van der Waals surface area contributed by atoms with Gasteiger partial charge in [-0.15, -0.1) is 0 Å². The van der Waals surface area contributed by atoms with Crippen LogP contribution in [0.3, 0.4) is 0 Å². The lowest BCUT2D eigenvalue weighted by Gasteiger charge is -2.03. The summed E-state index contributed by atoms with van der Waals surface area (Å²) in [4.78, 5) is 0. The molecule has 3 nitrogen and oxygen atoms in total. The first-order valence-electron chi connectivity index (χ1n) is 4.14. The Morgan fingerprint density at radius 2 is 2.38 bits per heavy atom. The van der Waals surface area contributed by atoms with Crippen molar-refractivity contribution in [3.05, 3.63) is 22.1 Å². The smallest absolute Gasteiger partial charge is 0.146 e. The summed E-state index contributed by atoms with van der Waals surface area (Å²) in [6, 6.07) is 1.82. The Morgan fingerprint density at radius 1 is 1.69 bits per heavy atom. The van der Waals surface area contributed by atoms with E-state index in [9.17, 15) is 5.11 Å². The molecule has 0 spiro atoms. The quantitative estimate of drug-likeness (QED) is 0.891. The molecule has 0 saturated heterocycles. The van der Waals surface area contributed by atoms with E-state index in [-0.39, 0.29) is 0 Å². The van der Waals surface area contributed by atoms with Crippen molar-refractivity contribution in [3.8, 4) is 0 Å². The van der Waals surface area contributed by atoms with Crippen LogP contribution in [0.15, 0.2) is 15.0 Å². The number of halogens is 1. The largest absolute Gasteiger partial charge is 0.460 e. The lowest BCUT2D eigenvalue weighted by atomic mass is 10.2. The molecule has 0 aliphatic carbocycles. The highest BCUT2D eigenvalue weighted by atomic mass is 79.9. The van der Waals surface area contributed by atoms with E-state index in [2.05, 4.69) is 15.9 Å². The van der Waals surface area contributed by atoms with Crippen LogP contribution in [-0.2, 0) is 11.3 Å². The number of ether oxygens (including phenoxy) is 1. The van der Waals surface area contributed by atoms with Crippen LogP contribution in [0.2, 0.25) is 0 Å². The monoisotopic (exact) mass is 248 g/mol. The third kappa shape index (κ3) is 2.56. The Hall–Kier alpha value is -0.320. The van der Waals surface area contributed by atoms with Crippen molar-refractivity contribution in [1.29, 1.82) is 0 Å². The van der Waals surface area contributed by atoms with E-state index in [0.29, 0.717) is 18.8 Å². The van der Waals surface area contributed by atoms with Crippen molar-refractivity contribution >= 4 is 15.9 Å². The lowest BCUT2D eigenvalue weighted by Crippen LogP contribution is -1.93. The molecule has 0 unspecified atom stereocenters. The van der Waals surface area contributed by atoms with Crippen molar-refractivity contribution in [1.82, 2.24) is 0 Å². The molecule has 0 aliphatic rings. The molecule has 0 amide bonds. The minimum Gasteiger partial charge on any atom is -0.460 e. The summed E-state index contributed by atoms with van der Waals surface area (Å²) in [5.74, 6) is 1.30. The molecule has 0 bridgehead atoms. The van der Waals surface area contributed by atoms with Crippen LogP contribution >= 0.6 is 15.9 Å². The third-order valence-corrected chi connectivity index (χ3v) is 2.36. The van der Waals surface area contributed by atoms with Crippen LogP contribution < -0.4 is 0 Å². The minimum atomic E-state index is -0.542. The lowest BCUT2D eigenvalue weighted by molar-refractivity contribution is 0.128. The molecule has 1 atom stereocenters. The molecular formula is C9H13BrO3. The van der Waals surface area contributed by atoms with Crippen molar-refractivity contribution < 1.29 is 14.3 Å². The average Bonchev–Trinajstić information content (AvgIpc) is 2.46. The molecule has 0 radical (unpaired) electrons. The Bertz CT molecular complexity index is 270. The van der Waals surface area contributed by atoms with E-state index < -0.39 is 6.10 Å². The van der Waals surface area contributed by atoms with Crippen LogP contribution in [0.5, 0.6) is 0 Å². The molecule has 1 rings (SSSR count). The molecule has 1 N–H and O–H groups in total. The number of rotatable bonds is 4. The summed E-state index contributed by atoms with van der Waals surface area (Å²) < 4.78 is 11.1. The SMILES string of the molecule is CC[C@H](O)c1oc(COC)cc1Br. The summed E-state index contributed by atoms with van der Waals surface area (Å²) in [5, 5.41) is 9.53. The number of aliphatic hydroxyl groups excluding tert-OH is 1. The summed E-state index contributed by atoms with van der Waals surface area (Å²) in [5.41, 5.74) is 0. The zero-order chi connectivity index (χ0) is 9.84. The highest BCUT2D eigenvalue weighted by Gasteiger charge is 2.15. The van der Waals surface area contributed by atoms with Gasteiger partial charge in [-0.3, -0.25) is 0 Å². The van der Waals surface area contributed by atoms with Gasteiger partial charge in [0.25, 0.3) is 0 Å². The minimum absolute atomic E-state index is 0.426. The zero-order valence-electron chi connectivity index (χ0n) is 7.71. The topological polar surface area (TPSA) is 42.6 Å². The Balaban J connectivity index is 2.82. The van der Waals surface area contributed by atoms with Gasteiger partial charge in [-0.1, -0.05) is 6.92 Å². The van der Waals surface area contributed by atoms with E-state index >= 15 is 0 Å². The van der Waals surface area contributed by atoms with Gasteiger partial charge in [-0.05, 0) is 28.4 Å². The second-order valence-corrected chi connectivity index (χ2v) is 3.64. The number of hydrogen-bond donors (Lipinski definition) is 1. The van der Waals surface area contributed by atoms with Crippen LogP contribution in [0, 0.1) is 0 Å². The fraction of sp³-hybridized carbons (Fsp3) is 0.556. The van der Waals surface area contributed by atoms with E-state index in [1.54, 1.807) is 7.11 Å². The van der Waals surface area contributed by atoms with Gasteiger partial charge in [-0.2, -0.15) is 0 Å². The van der Waals surface area contributed by atoms with Crippen LogP contribution in [0.4, 0.5) is 0 Å². The van der Waals surface area contributed by atoms with Crippen molar-refractivity contribution in [2.75, 3.05) is 7.11 Å². The van der Waals surface area contributed by atoms with Crippen molar-refractivity contribution in [3.63, 3.8) is 0 Å². The van der Waals surface area contributed by atoms with Gasteiger partial charge in [0.05, 0.1) is 4.47 Å². The first-order chi connectivity index (χ1) is 6.19. The standard InChI is InChI=1S/C9H13BrO3/c1-3-8(11)9-7(10)4-6(13-9)5-12-2/h4,8,11H,3,5H2,1-2H3/t8-/m0/s1. The molecule has 1 aromatic rings. The highest BCUT2D eigenvalue weighted by Crippen LogP contribution is 2.29. The third-order valence-electron chi connectivity index (χ3n) is 1.74. The van der Waals surface area contributed by atoms with Gasteiger partial charge in [-0.25, -0.2) is 0 Å². The van der Waals surface area contributed by atoms with Crippen LogP contribution in [0.25, 0.3) is 0 Å². The Labute approximate surface area is 85.8 Å². The first kappa shape index (κ1) is 10.8. The molecule has 0 aromatic carbocycles. The zero-order valence-corrected chi connectivity index (χ0v) is 9.30. The first-order valence-corrected chi connectivity index (χ1v) is 4.93. The Morgan fingerprint density at radius 3 is 2.92 bits per heavy atom. The highest BCUT2D eigenvalue weighted by molar-refractivity contribution is 9.10. The van der Waals surface area contributed by atoms with Crippen molar-refractivity contribution in [2.45, 2.75) is 26.1 Å². The summed E-state index contributed by atoms with van der Waals surface area (Å²) in [7, 11) is 1.60. The van der Waals surface area contributed by atoms with E-state index in [1.165, 1.54) is 0 Å². The number of aliphatic hydroxyl groups is 1. The normalized spacial score (nSPS) is 13.2. The Kier molecular flexibility index (Phi) is 3.96. The predicted octanol–water partition coefficient (Wildman–Crippen LogP) is 2.63. The molecule has 1 heterocycles. The maximum Gasteiger partial charge on any atom is 0.146 e. The van der Waals surface area contributed by atoms with Gasteiger partial charge in [0.1, 0.15) is 24.2 Å². The number of methoxy groups -OCH3 is 1. The van der Waals surface area contributed by atoms with Gasteiger partial charge in [0, 0.05) is 7.11 Å². The van der Waals surface area contributed by atoms with Gasteiger partial charge in [0.15, 0.2) is 0 Å². The van der Waals surface area contributed by atoms with E-state index in [1.807, 2.05) is 13.0 Å². The average molecular weight is 249 g/mol. The fourth-order valence-electron chi connectivity index (χ4n) is 1.06. The van der Waals surface area contributed by atoms with Gasteiger partial charge < -0.3 is 14.3 Å². The summed E-state index contributed by atoms with van der Waals surface area (Å²) in [6.45, 7) is 2.32. The number of furan rings is 1. The predicted molar refractivity (Wildman–Crippen MR) is 52.4 cm³/mol. The maximum absolute atomic E-state index is 9.53. The molecule has 1 aromatic heterocycles.